The Morgan fingerprint density at radius 3 is 2.38 bits per heavy atom. The van der Waals surface area contributed by atoms with E-state index in [2.05, 4.69) is 4.98 Å². The number of nitrogens with one attached hydrogen (secondary N) is 1. The van der Waals surface area contributed by atoms with Crippen molar-refractivity contribution in [3.63, 3.8) is 0 Å². The Balaban J connectivity index is 2.34. The number of aromatic nitrogens is 1. The molecule has 1 unspecified atom stereocenters. The molecule has 66 valence electrons. The summed E-state index contributed by atoms with van der Waals surface area (Å²) >= 11 is 0. The van der Waals surface area contributed by atoms with Gasteiger partial charge in [-0.05, 0) is 24.3 Å². The van der Waals surface area contributed by atoms with Crippen LogP contribution in [-0.4, -0.2) is 9.19 Å². The average Bonchev–Trinajstić information content (AvgIpc) is 2.71. The van der Waals surface area contributed by atoms with Crippen LogP contribution in [0.1, 0.15) is 0 Å². The van der Waals surface area contributed by atoms with Crippen LogP contribution < -0.4 is 0 Å². The highest BCUT2D eigenvalue weighted by atomic mass is 32.2. The van der Waals surface area contributed by atoms with E-state index in [-0.39, 0.29) is 0 Å². The van der Waals surface area contributed by atoms with Gasteiger partial charge in [-0.2, -0.15) is 0 Å². The van der Waals surface area contributed by atoms with Gasteiger partial charge in [-0.1, -0.05) is 18.2 Å². The number of aromatic amines is 1. The lowest BCUT2D eigenvalue weighted by molar-refractivity contribution is 0.681. The molecule has 0 radical (unpaired) electrons. The molecule has 0 saturated heterocycles. The molecule has 0 aliphatic rings. The van der Waals surface area contributed by atoms with Gasteiger partial charge >= 0.3 is 0 Å². The number of benzene rings is 1. The van der Waals surface area contributed by atoms with Gasteiger partial charge in [0.2, 0.25) is 0 Å². The first kappa shape index (κ1) is 8.26. The second kappa shape index (κ2) is 3.58. The highest BCUT2D eigenvalue weighted by Crippen LogP contribution is 2.13. The predicted octanol–water partition coefficient (Wildman–Crippen LogP) is 2.18. The maximum atomic E-state index is 11.8. The van der Waals surface area contributed by atoms with Crippen molar-refractivity contribution < 1.29 is 4.21 Å². The lowest BCUT2D eigenvalue weighted by Gasteiger charge is -1.97. The SMILES string of the molecule is O=S(c1ccccc1)c1ccc[nH]1. The summed E-state index contributed by atoms with van der Waals surface area (Å²) in [6, 6.07) is 13.1. The Hall–Kier alpha value is -1.35. The number of hydrogen-bond acceptors (Lipinski definition) is 1. The Morgan fingerprint density at radius 2 is 1.77 bits per heavy atom. The summed E-state index contributed by atoms with van der Waals surface area (Å²) in [7, 11) is -1.07. The van der Waals surface area contributed by atoms with Gasteiger partial charge in [0.05, 0.1) is 0 Å². The van der Waals surface area contributed by atoms with Crippen molar-refractivity contribution in [2.75, 3.05) is 0 Å². The summed E-state index contributed by atoms with van der Waals surface area (Å²) in [5.74, 6) is 0. The largest absolute Gasteiger partial charge is 0.354 e. The summed E-state index contributed by atoms with van der Waals surface area (Å²) in [4.78, 5) is 3.76. The normalized spacial score (nSPS) is 12.6. The van der Waals surface area contributed by atoms with Gasteiger partial charge in [0.15, 0.2) is 0 Å². The second-order valence-electron chi connectivity index (χ2n) is 2.62. The minimum Gasteiger partial charge on any atom is -0.354 e. The third-order valence-electron chi connectivity index (χ3n) is 1.73. The van der Waals surface area contributed by atoms with Crippen molar-refractivity contribution in [1.29, 1.82) is 0 Å². The fourth-order valence-corrected chi connectivity index (χ4v) is 2.14. The van der Waals surface area contributed by atoms with Crippen molar-refractivity contribution in [3.05, 3.63) is 48.7 Å². The summed E-state index contributed by atoms with van der Waals surface area (Å²) in [6.07, 6.45) is 1.77. The van der Waals surface area contributed by atoms with Crippen LogP contribution in [0, 0.1) is 0 Å². The summed E-state index contributed by atoms with van der Waals surface area (Å²) in [5.41, 5.74) is 0. The van der Waals surface area contributed by atoms with Crippen molar-refractivity contribution in [1.82, 2.24) is 4.98 Å². The van der Waals surface area contributed by atoms with Gasteiger partial charge in [-0.15, -0.1) is 0 Å². The monoisotopic (exact) mass is 191 g/mol. The van der Waals surface area contributed by atoms with Crippen LogP contribution in [0.3, 0.4) is 0 Å². The Labute approximate surface area is 79.1 Å². The fourth-order valence-electron chi connectivity index (χ4n) is 1.10. The third kappa shape index (κ3) is 1.70. The maximum absolute atomic E-state index is 11.8. The van der Waals surface area contributed by atoms with Crippen LogP contribution in [-0.2, 0) is 10.8 Å². The van der Waals surface area contributed by atoms with E-state index in [1.165, 1.54) is 0 Å². The van der Waals surface area contributed by atoms with E-state index in [9.17, 15) is 4.21 Å². The average molecular weight is 191 g/mol. The molecule has 1 N–H and O–H groups in total. The molecule has 0 saturated carbocycles. The molecule has 0 aliphatic heterocycles. The zero-order valence-electron chi connectivity index (χ0n) is 6.94. The highest BCUT2D eigenvalue weighted by molar-refractivity contribution is 7.85. The smallest absolute Gasteiger partial charge is 0.109 e. The molecule has 2 rings (SSSR count). The van der Waals surface area contributed by atoms with Crippen LogP contribution in [0.15, 0.2) is 58.6 Å². The molecule has 1 heterocycles. The number of hydrogen-bond donors (Lipinski definition) is 1. The molecule has 0 bridgehead atoms. The molecular weight excluding hydrogens is 182 g/mol. The minimum atomic E-state index is -1.07. The van der Waals surface area contributed by atoms with E-state index in [1.54, 1.807) is 6.20 Å². The molecule has 3 heteroatoms. The topological polar surface area (TPSA) is 32.9 Å². The molecule has 0 spiro atoms. The first-order valence-corrected chi connectivity index (χ1v) is 5.13. The molecule has 13 heavy (non-hydrogen) atoms. The Morgan fingerprint density at radius 1 is 1.00 bits per heavy atom. The zero-order valence-corrected chi connectivity index (χ0v) is 7.75. The Kier molecular flexibility index (Phi) is 2.27. The summed E-state index contributed by atoms with van der Waals surface area (Å²) in [6.45, 7) is 0. The lowest BCUT2D eigenvalue weighted by Crippen LogP contribution is -1.91. The van der Waals surface area contributed by atoms with Crippen LogP contribution in [0.4, 0.5) is 0 Å². The van der Waals surface area contributed by atoms with E-state index in [4.69, 9.17) is 0 Å². The number of rotatable bonds is 2. The molecule has 1 aromatic heterocycles. The van der Waals surface area contributed by atoms with Gasteiger partial charge in [0.25, 0.3) is 0 Å². The van der Waals surface area contributed by atoms with Crippen molar-refractivity contribution >= 4 is 10.8 Å². The lowest BCUT2D eigenvalue weighted by atomic mass is 10.4. The standard InChI is InChI=1S/C10H9NOS/c12-13(10-7-4-8-11-10)9-5-2-1-3-6-9/h1-8,11H. The molecule has 0 fully saturated rings. The molecule has 1 atom stereocenters. The van der Waals surface area contributed by atoms with Gasteiger partial charge in [0.1, 0.15) is 15.8 Å². The van der Waals surface area contributed by atoms with Crippen LogP contribution in [0.2, 0.25) is 0 Å². The molecule has 0 aliphatic carbocycles. The molecule has 0 amide bonds. The van der Waals surface area contributed by atoms with Gasteiger partial charge < -0.3 is 4.98 Å². The fraction of sp³-hybridized carbons (Fsp3) is 0. The van der Waals surface area contributed by atoms with E-state index >= 15 is 0 Å². The zero-order chi connectivity index (χ0) is 9.10. The first-order chi connectivity index (χ1) is 6.38. The van der Waals surface area contributed by atoms with Gasteiger partial charge in [-0.25, -0.2) is 4.21 Å². The quantitative estimate of drug-likeness (QED) is 0.775. The van der Waals surface area contributed by atoms with Crippen LogP contribution in [0.25, 0.3) is 0 Å². The predicted molar refractivity (Wildman–Crippen MR) is 51.9 cm³/mol. The van der Waals surface area contributed by atoms with E-state index in [0.717, 1.165) is 9.92 Å². The third-order valence-corrected chi connectivity index (χ3v) is 3.08. The van der Waals surface area contributed by atoms with E-state index < -0.39 is 10.8 Å². The molecule has 2 nitrogen and oxygen atoms in total. The van der Waals surface area contributed by atoms with E-state index in [1.807, 2.05) is 42.5 Å². The summed E-state index contributed by atoms with van der Waals surface area (Å²) < 4.78 is 11.8. The highest BCUT2D eigenvalue weighted by Gasteiger charge is 2.05. The van der Waals surface area contributed by atoms with Gasteiger partial charge in [0, 0.05) is 11.1 Å². The summed E-state index contributed by atoms with van der Waals surface area (Å²) in [5, 5.41) is 0.742. The number of H-pyrrole nitrogens is 1. The Bertz CT molecular complexity index is 394. The van der Waals surface area contributed by atoms with E-state index in [0.29, 0.717) is 0 Å². The van der Waals surface area contributed by atoms with Crippen molar-refractivity contribution in [3.8, 4) is 0 Å². The first-order valence-electron chi connectivity index (χ1n) is 3.98. The maximum Gasteiger partial charge on any atom is 0.109 e. The molecule has 1 aromatic carbocycles. The van der Waals surface area contributed by atoms with Crippen LogP contribution >= 0.6 is 0 Å². The van der Waals surface area contributed by atoms with Crippen LogP contribution in [0.5, 0.6) is 0 Å². The second-order valence-corrected chi connectivity index (χ2v) is 4.06. The minimum absolute atomic E-state index is 0.742. The molecular formula is C10H9NOS. The van der Waals surface area contributed by atoms with Crippen molar-refractivity contribution in [2.45, 2.75) is 9.92 Å². The molecule has 2 aromatic rings. The van der Waals surface area contributed by atoms with Crippen molar-refractivity contribution in [2.24, 2.45) is 0 Å². The van der Waals surface area contributed by atoms with Gasteiger partial charge in [-0.3, -0.25) is 0 Å².